The van der Waals surface area contributed by atoms with E-state index < -0.39 is 4.92 Å². The normalized spacial score (nSPS) is 10.8. The van der Waals surface area contributed by atoms with E-state index in [1.165, 1.54) is 6.07 Å². The van der Waals surface area contributed by atoms with Crippen molar-refractivity contribution in [2.24, 2.45) is 0 Å². The number of benzene rings is 1. The fourth-order valence-electron chi connectivity index (χ4n) is 1.69. The SMILES string of the molecule is CSCCCN(C)Cc1cc([N+](=O)[O-])ccc1N. The summed E-state index contributed by atoms with van der Waals surface area (Å²) in [6.07, 6.45) is 3.19. The third kappa shape index (κ3) is 4.54. The van der Waals surface area contributed by atoms with Gasteiger partial charge in [-0.15, -0.1) is 0 Å². The number of hydrogen-bond donors (Lipinski definition) is 1. The van der Waals surface area contributed by atoms with Crippen LogP contribution in [0.25, 0.3) is 0 Å². The van der Waals surface area contributed by atoms with Crippen LogP contribution in [0.2, 0.25) is 0 Å². The van der Waals surface area contributed by atoms with E-state index >= 15 is 0 Å². The molecule has 1 aromatic carbocycles. The smallest absolute Gasteiger partial charge is 0.269 e. The van der Waals surface area contributed by atoms with Crippen molar-refractivity contribution < 1.29 is 4.92 Å². The first kappa shape index (κ1) is 14.8. The van der Waals surface area contributed by atoms with Crippen LogP contribution in [0.4, 0.5) is 11.4 Å². The first-order valence-electron chi connectivity index (χ1n) is 5.75. The van der Waals surface area contributed by atoms with Gasteiger partial charge in [-0.3, -0.25) is 10.1 Å². The summed E-state index contributed by atoms with van der Waals surface area (Å²) in [6.45, 7) is 1.60. The number of nitrogens with two attached hydrogens (primary N) is 1. The summed E-state index contributed by atoms with van der Waals surface area (Å²) in [7, 11) is 2.00. The predicted octanol–water partition coefficient (Wildman–Crippen LogP) is 2.36. The Balaban J connectivity index is 2.65. The molecule has 100 valence electrons. The van der Waals surface area contributed by atoms with Crippen LogP contribution in [-0.4, -0.2) is 35.4 Å². The largest absolute Gasteiger partial charge is 0.398 e. The first-order chi connectivity index (χ1) is 8.54. The van der Waals surface area contributed by atoms with Crippen molar-refractivity contribution in [2.75, 3.05) is 31.3 Å². The number of nitro groups is 1. The van der Waals surface area contributed by atoms with Crippen LogP contribution < -0.4 is 5.73 Å². The van der Waals surface area contributed by atoms with Gasteiger partial charge >= 0.3 is 0 Å². The molecule has 0 saturated heterocycles. The molecule has 2 N–H and O–H groups in total. The summed E-state index contributed by atoms with van der Waals surface area (Å²) in [5, 5.41) is 10.7. The summed E-state index contributed by atoms with van der Waals surface area (Å²) in [4.78, 5) is 12.4. The van der Waals surface area contributed by atoms with Gasteiger partial charge in [0.25, 0.3) is 5.69 Å². The van der Waals surface area contributed by atoms with Gasteiger partial charge in [0.2, 0.25) is 0 Å². The second-order valence-electron chi connectivity index (χ2n) is 4.22. The molecule has 0 radical (unpaired) electrons. The van der Waals surface area contributed by atoms with E-state index in [1.54, 1.807) is 12.1 Å². The number of hydrogen-bond acceptors (Lipinski definition) is 5. The van der Waals surface area contributed by atoms with Gasteiger partial charge in [0.15, 0.2) is 0 Å². The van der Waals surface area contributed by atoms with Crippen LogP contribution in [0.1, 0.15) is 12.0 Å². The van der Waals surface area contributed by atoms with E-state index in [0.717, 1.165) is 24.3 Å². The van der Waals surface area contributed by atoms with E-state index in [-0.39, 0.29) is 5.69 Å². The summed E-state index contributed by atoms with van der Waals surface area (Å²) in [6, 6.07) is 4.59. The molecule has 0 saturated carbocycles. The van der Waals surface area contributed by atoms with Crippen molar-refractivity contribution in [1.82, 2.24) is 4.90 Å². The Morgan fingerprint density at radius 2 is 2.22 bits per heavy atom. The maximum atomic E-state index is 10.7. The van der Waals surface area contributed by atoms with E-state index in [2.05, 4.69) is 11.2 Å². The van der Waals surface area contributed by atoms with Crippen molar-refractivity contribution in [3.05, 3.63) is 33.9 Å². The Morgan fingerprint density at radius 3 is 2.83 bits per heavy atom. The molecule has 0 bridgehead atoms. The van der Waals surface area contributed by atoms with Crippen molar-refractivity contribution >= 4 is 23.1 Å². The number of anilines is 1. The highest BCUT2D eigenvalue weighted by atomic mass is 32.2. The number of nitrogens with zero attached hydrogens (tertiary/aromatic N) is 2. The second-order valence-corrected chi connectivity index (χ2v) is 5.21. The van der Waals surface area contributed by atoms with Crippen LogP contribution >= 0.6 is 11.8 Å². The van der Waals surface area contributed by atoms with Crippen molar-refractivity contribution in [1.29, 1.82) is 0 Å². The Bertz CT molecular complexity index is 412. The first-order valence-corrected chi connectivity index (χ1v) is 7.14. The van der Waals surface area contributed by atoms with E-state index in [9.17, 15) is 10.1 Å². The van der Waals surface area contributed by atoms with Crippen molar-refractivity contribution in [3.8, 4) is 0 Å². The minimum Gasteiger partial charge on any atom is -0.398 e. The fraction of sp³-hybridized carbons (Fsp3) is 0.500. The molecule has 1 rings (SSSR count). The number of nitro benzene ring substituents is 1. The monoisotopic (exact) mass is 269 g/mol. The molecule has 0 aliphatic carbocycles. The maximum absolute atomic E-state index is 10.7. The number of non-ortho nitro benzene ring substituents is 1. The van der Waals surface area contributed by atoms with Gasteiger partial charge in [0.1, 0.15) is 0 Å². The molecule has 6 heteroatoms. The second kappa shape index (κ2) is 7.23. The molecule has 0 unspecified atom stereocenters. The van der Waals surface area contributed by atoms with Gasteiger partial charge in [-0.25, -0.2) is 0 Å². The molecule has 0 spiro atoms. The highest BCUT2D eigenvalue weighted by Gasteiger charge is 2.10. The predicted molar refractivity (Wildman–Crippen MR) is 76.8 cm³/mol. The minimum absolute atomic E-state index is 0.0942. The van der Waals surface area contributed by atoms with E-state index in [0.29, 0.717) is 12.2 Å². The fourth-order valence-corrected chi connectivity index (χ4v) is 2.11. The minimum atomic E-state index is -0.392. The Hall–Kier alpha value is -1.27. The quantitative estimate of drug-likeness (QED) is 0.356. The number of nitrogen functional groups attached to an aromatic ring is 1. The molecule has 0 fully saturated rings. The summed E-state index contributed by atoms with van der Waals surface area (Å²) in [5.41, 5.74) is 7.36. The molecule has 0 heterocycles. The van der Waals surface area contributed by atoms with Crippen molar-refractivity contribution in [3.63, 3.8) is 0 Å². The lowest BCUT2D eigenvalue weighted by atomic mass is 10.1. The molecule has 0 aromatic heterocycles. The van der Waals surface area contributed by atoms with Gasteiger partial charge in [-0.2, -0.15) is 11.8 Å². The zero-order valence-electron chi connectivity index (χ0n) is 10.8. The third-order valence-corrected chi connectivity index (χ3v) is 3.36. The zero-order valence-corrected chi connectivity index (χ0v) is 11.6. The highest BCUT2D eigenvalue weighted by molar-refractivity contribution is 7.98. The molecule has 0 aliphatic rings. The van der Waals surface area contributed by atoms with Crippen LogP contribution in [0.5, 0.6) is 0 Å². The Kier molecular flexibility index (Phi) is 5.94. The average molecular weight is 269 g/mol. The molecular weight excluding hydrogens is 250 g/mol. The van der Waals surface area contributed by atoms with Gasteiger partial charge in [-0.1, -0.05) is 0 Å². The highest BCUT2D eigenvalue weighted by Crippen LogP contribution is 2.20. The number of rotatable bonds is 7. The molecule has 0 amide bonds. The van der Waals surface area contributed by atoms with Crippen LogP contribution in [-0.2, 0) is 6.54 Å². The zero-order chi connectivity index (χ0) is 13.5. The standard InChI is InChI=1S/C12H19N3O2S/c1-14(6-3-7-18-2)9-10-8-11(15(16)17)4-5-12(10)13/h4-5,8H,3,6-7,9,13H2,1-2H3. The van der Waals surface area contributed by atoms with Crippen LogP contribution in [0, 0.1) is 10.1 Å². The van der Waals surface area contributed by atoms with Gasteiger partial charge in [-0.05, 0) is 43.7 Å². The lowest BCUT2D eigenvalue weighted by Crippen LogP contribution is -2.20. The number of thioether (sulfide) groups is 1. The Labute approximate surface area is 111 Å². The molecule has 0 aliphatic heterocycles. The van der Waals surface area contributed by atoms with Gasteiger partial charge in [0, 0.05) is 24.4 Å². The Morgan fingerprint density at radius 1 is 1.50 bits per heavy atom. The van der Waals surface area contributed by atoms with E-state index in [1.807, 2.05) is 18.8 Å². The van der Waals surface area contributed by atoms with E-state index in [4.69, 9.17) is 5.73 Å². The van der Waals surface area contributed by atoms with Crippen molar-refractivity contribution in [2.45, 2.75) is 13.0 Å². The average Bonchev–Trinajstić information content (AvgIpc) is 2.32. The van der Waals surface area contributed by atoms with Crippen LogP contribution in [0.15, 0.2) is 18.2 Å². The lowest BCUT2D eigenvalue weighted by molar-refractivity contribution is -0.384. The summed E-state index contributed by atoms with van der Waals surface area (Å²) < 4.78 is 0. The molecule has 18 heavy (non-hydrogen) atoms. The molecule has 5 nitrogen and oxygen atoms in total. The topological polar surface area (TPSA) is 72.4 Å². The summed E-state index contributed by atoms with van der Waals surface area (Å²) in [5.74, 6) is 1.12. The van der Waals surface area contributed by atoms with Crippen LogP contribution in [0.3, 0.4) is 0 Å². The molecule has 0 atom stereocenters. The third-order valence-electron chi connectivity index (χ3n) is 2.67. The van der Waals surface area contributed by atoms with Gasteiger partial charge < -0.3 is 10.6 Å². The summed E-state index contributed by atoms with van der Waals surface area (Å²) >= 11 is 1.82. The molecule has 1 aromatic rings. The molecular formula is C12H19N3O2S. The maximum Gasteiger partial charge on any atom is 0.269 e. The van der Waals surface area contributed by atoms with Gasteiger partial charge in [0.05, 0.1) is 4.92 Å². The lowest BCUT2D eigenvalue weighted by Gasteiger charge is -2.17.